The molecule has 1 saturated heterocycles. The number of rotatable bonds is 4. The Kier molecular flexibility index (Phi) is 4.45. The van der Waals surface area contributed by atoms with Crippen LogP contribution in [-0.2, 0) is 19.1 Å². The molecule has 0 aliphatic carbocycles. The number of hydrogen-bond donors (Lipinski definition) is 0. The molecule has 0 unspecified atom stereocenters. The molecule has 0 amide bonds. The van der Waals surface area contributed by atoms with E-state index in [1.54, 1.807) is 13.8 Å². The lowest BCUT2D eigenvalue weighted by atomic mass is 10.0. The van der Waals surface area contributed by atoms with Gasteiger partial charge in [0.25, 0.3) is 0 Å². The van der Waals surface area contributed by atoms with Gasteiger partial charge in [0, 0.05) is 0 Å². The first-order valence-electron chi connectivity index (χ1n) is 5.15. The molecule has 1 heterocycles. The Morgan fingerprint density at radius 2 is 1.73 bits per heavy atom. The van der Waals surface area contributed by atoms with Crippen LogP contribution >= 0.6 is 11.8 Å². The summed E-state index contributed by atoms with van der Waals surface area (Å²) in [4.78, 5) is 23.5. The minimum atomic E-state index is -1.09. The second-order valence-electron chi connectivity index (χ2n) is 3.22. The summed E-state index contributed by atoms with van der Waals surface area (Å²) < 4.78 is 8.78. The van der Waals surface area contributed by atoms with Gasteiger partial charge in [-0.2, -0.15) is 0 Å². The van der Waals surface area contributed by atoms with Gasteiger partial charge in [0.1, 0.15) is 0 Å². The molecule has 1 rings (SSSR count). The third kappa shape index (κ3) is 2.45. The normalized spacial score (nSPS) is 18.5. The Balaban J connectivity index is 2.78. The highest BCUT2D eigenvalue weighted by Gasteiger charge is 2.51. The van der Waals surface area contributed by atoms with Crippen molar-refractivity contribution in [1.82, 2.24) is 0 Å². The van der Waals surface area contributed by atoms with Crippen molar-refractivity contribution in [2.24, 2.45) is 0 Å². The van der Waals surface area contributed by atoms with Crippen LogP contribution in [0.5, 0.6) is 0 Å². The van der Waals surface area contributed by atoms with Crippen LogP contribution in [0.2, 0.25) is 0 Å². The van der Waals surface area contributed by atoms with Gasteiger partial charge in [0.15, 0.2) is 0 Å². The first kappa shape index (κ1) is 12.4. The molecule has 1 fully saturated rings. The molecule has 0 radical (unpaired) electrons. The number of esters is 2. The van der Waals surface area contributed by atoms with Gasteiger partial charge in [-0.15, -0.1) is 11.8 Å². The largest absolute Gasteiger partial charge is 0.465 e. The minimum Gasteiger partial charge on any atom is -0.465 e. The summed E-state index contributed by atoms with van der Waals surface area (Å²) >= 11 is 1.34. The van der Waals surface area contributed by atoms with Gasteiger partial charge in [0.05, 0.1) is 13.2 Å². The third-order valence-corrected chi connectivity index (χ3v) is 3.76. The number of thioether (sulfide) groups is 1. The van der Waals surface area contributed by atoms with E-state index in [1.807, 2.05) is 0 Å². The SMILES string of the molecule is CCOC(=O)C1(C(=O)OCC)CCCS1. The Morgan fingerprint density at radius 1 is 1.20 bits per heavy atom. The second kappa shape index (κ2) is 5.39. The summed E-state index contributed by atoms with van der Waals surface area (Å²) in [5.41, 5.74) is 0. The first-order valence-corrected chi connectivity index (χ1v) is 6.14. The highest BCUT2D eigenvalue weighted by Crippen LogP contribution is 2.40. The van der Waals surface area contributed by atoms with E-state index in [2.05, 4.69) is 0 Å². The van der Waals surface area contributed by atoms with E-state index in [0.29, 0.717) is 19.6 Å². The lowest BCUT2D eigenvalue weighted by Gasteiger charge is -2.22. The predicted octanol–water partition coefficient (Wildman–Crippen LogP) is 1.38. The van der Waals surface area contributed by atoms with Gasteiger partial charge in [-0.1, -0.05) is 0 Å². The van der Waals surface area contributed by atoms with Crippen LogP contribution < -0.4 is 0 Å². The maximum absolute atomic E-state index is 11.7. The molecule has 0 atom stereocenters. The van der Waals surface area contributed by atoms with Crippen LogP contribution in [0.3, 0.4) is 0 Å². The van der Waals surface area contributed by atoms with Crippen molar-refractivity contribution in [1.29, 1.82) is 0 Å². The van der Waals surface area contributed by atoms with Gasteiger partial charge in [-0.25, -0.2) is 9.59 Å². The monoisotopic (exact) mass is 232 g/mol. The summed E-state index contributed by atoms with van der Waals surface area (Å²) in [7, 11) is 0. The fourth-order valence-corrected chi connectivity index (χ4v) is 2.82. The number of ether oxygens (including phenoxy) is 2. The van der Waals surface area contributed by atoms with Crippen molar-refractivity contribution in [3.8, 4) is 0 Å². The molecule has 0 aromatic carbocycles. The molecule has 0 aromatic rings. The quantitative estimate of drug-likeness (QED) is 0.541. The smallest absolute Gasteiger partial charge is 0.333 e. The molecule has 15 heavy (non-hydrogen) atoms. The van der Waals surface area contributed by atoms with E-state index < -0.39 is 16.7 Å². The van der Waals surface area contributed by atoms with Crippen LogP contribution in [0.1, 0.15) is 26.7 Å². The maximum atomic E-state index is 11.7. The molecule has 1 aliphatic rings. The van der Waals surface area contributed by atoms with E-state index in [-0.39, 0.29) is 0 Å². The van der Waals surface area contributed by atoms with Crippen molar-refractivity contribution >= 4 is 23.7 Å². The summed E-state index contributed by atoms with van der Waals surface area (Å²) in [6.07, 6.45) is 1.37. The van der Waals surface area contributed by atoms with Crippen LogP contribution in [0.4, 0.5) is 0 Å². The Labute approximate surface area is 93.7 Å². The second-order valence-corrected chi connectivity index (χ2v) is 4.61. The summed E-state index contributed by atoms with van der Waals surface area (Å²) in [6, 6.07) is 0. The van der Waals surface area contributed by atoms with Gasteiger partial charge in [0.2, 0.25) is 4.75 Å². The third-order valence-electron chi connectivity index (χ3n) is 2.23. The lowest BCUT2D eigenvalue weighted by Crippen LogP contribution is -2.44. The highest BCUT2D eigenvalue weighted by molar-refractivity contribution is 8.02. The molecule has 0 aromatic heterocycles. The van der Waals surface area contributed by atoms with Gasteiger partial charge in [-0.05, 0) is 32.4 Å². The molecule has 0 bridgehead atoms. The number of carbonyl (C=O) groups excluding carboxylic acids is 2. The van der Waals surface area contributed by atoms with E-state index in [1.165, 1.54) is 11.8 Å². The van der Waals surface area contributed by atoms with E-state index >= 15 is 0 Å². The zero-order valence-electron chi connectivity index (χ0n) is 9.08. The maximum Gasteiger partial charge on any atom is 0.333 e. The first-order chi connectivity index (χ1) is 7.17. The van der Waals surface area contributed by atoms with Crippen molar-refractivity contribution in [3.63, 3.8) is 0 Å². The van der Waals surface area contributed by atoms with Gasteiger partial charge < -0.3 is 9.47 Å². The molecular weight excluding hydrogens is 216 g/mol. The molecular formula is C10H16O4S. The topological polar surface area (TPSA) is 52.6 Å². The zero-order valence-corrected chi connectivity index (χ0v) is 9.89. The lowest BCUT2D eigenvalue weighted by molar-refractivity contribution is -0.158. The summed E-state index contributed by atoms with van der Waals surface area (Å²) in [6.45, 7) is 4.05. The van der Waals surface area contributed by atoms with E-state index in [9.17, 15) is 9.59 Å². The van der Waals surface area contributed by atoms with E-state index in [4.69, 9.17) is 9.47 Å². The van der Waals surface area contributed by atoms with E-state index in [0.717, 1.165) is 12.2 Å². The fourth-order valence-electron chi connectivity index (χ4n) is 1.54. The summed E-state index contributed by atoms with van der Waals surface area (Å²) in [5, 5.41) is 0. The van der Waals surface area contributed by atoms with Gasteiger partial charge >= 0.3 is 11.9 Å². The molecule has 1 aliphatic heterocycles. The Hall–Kier alpha value is -0.710. The zero-order chi connectivity index (χ0) is 11.3. The molecule has 5 heteroatoms. The van der Waals surface area contributed by atoms with Crippen molar-refractivity contribution in [2.45, 2.75) is 31.4 Å². The Morgan fingerprint density at radius 3 is 2.07 bits per heavy atom. The average molecular weight is 232 g/mol. The standard InChI is InChI=1S/C10H16O4S/c1-3-13-8(11)10(6-5-7-15-10)9(12)14-4-2/h3-7H2,1-2H3. The molecule has 86 valence electrons. The average Bonchev–Trinajstić information content (AvgIpc) is 2.68. The Bertz CT molecular complexity index is 226. The number of carbonyl (C=O) groups is 2. The fraction of sp³-hybridized carbons (Fsp3) is 0.800. The number of hydrogen-bond acceptors (Lipinski definition) is 5. The van der Waals surface area contributed by atoms with Crippen molar-refractivity contribution in [3.05, 3.63) is 0 Å². The molecule has 4 nitrogen and oxygen atoms in total. The minimum absolute atomic E-state index is 0.292. The highest BCUT2D eigenvalue weighted by atomic mass is 32.2. The molecule has 0 spiro atoms. The van der Waals surface area contributed by atoms with Crippen LogP contribution in [0, 0.1) is 0 Å². The molecule has 0 saturated carbocycles. The summed E-state index contributed by atoms with van der Waals surface area (Å²) in [5.74, 6) is -0.102. The predicted molar refractivity (Wildman–Crippen MR) is 57.7 cm³/mol. The van der Waals surface area contributed by atoms with Gasteiger partial charge in [-0.3, -0.25) is 0 Å². The van der Waals surface area contributed by atoms with Crippen LogP contribution in [-0.4, -0.2) is 35.7 Å². The van der Waals surface area contributed by atoms with Crippen molar-refractivity contribution in [2.75, 3.05) is 19.0 Å². The van der Waals surface area contributed by atoms with Crippen LogP contribution in [0.15, 0.2) is 0 Å². The molecule has 0 N–H and O–H groups in total. The van der Waals surface area contributed by atoms with Crippen LogP contribution in [0.25, 0.3) is 0 Å². The van der Waals surface area contributed by atoms with Crippen molar-refractivity contribution < 1.29 is 19.1 Å².